The van der Waals surface area contributed by atoms with E-state index in [0.29, 0.717) is 41.2 Å². The molecule has 0 unspecified atom stereocenters. The van der Waals surface area contributed by atoms with E-state index in [1.807, 2.05) is 24.3 Å². The van der Waals surface area contributed by atoms with Gasteiger partial charge in [0.05, 0.1) is 5.69 Å². The minimum Gasteiger partial charge on any atom is -0.398 e. The first kappa shape index (κ1) is 21.0. The van der Waals surface area contributed by atoms with Crippen LogP contribution in [-0.2, 0) is 0 Å². The number of carbonyl (C=O) groups excluding carboxylic acids is 2. The minimum atomic E-state index is -0.488. The van der Waals surface area contributed by atoms with Crippen molar-refractivity contribution < 1.29 is 14.0 Å². The smallest absolute Gasteiger partial charge is 0.258 e. The van der Waals surface area contributed by atoms with Gasteiger partial charge in [-0.05, 0) is 60.5 Å². The van der Waals surface area contributed by atoms with Crippen LogP contribution in [0.15, 0.2) is 78.4 Å². The van der Waals surface area contributed by atoms with Crippen LogP contribution < -0.4 is 16.0 Å². The predicted molar refractivity (Wildman–Crippen MR) is 123 cm³/mol. The van der Waals surface area contributed by atoms with Gasteiger partial charge in [0.2, 0.25) is 0 Å². The number of benzene rings is 3. The molecule has 7 heteroatoms. The van der Waals surface area contributed by atoms with Crippen LogP contribution in [0.5, 0.6) is 0 Å². The van der Waals surface area contributed by atoms with Gasteiger partial charge in [0.25, 0.3) is 11.8 Å². The number of nitrogens with zero attached hydrogens (tertiary/aromatic N) is 1. The number of hydrogen-bond acceptors (Lipinski definition) is 4. The van der Waals surface area contributed by atoms with E-state index in [1.165, 1.54) is 24.4 Å². The van der Waals surface area contributed by atoms with Crippen LogP contribution in [0.25, 0.3) is 5.70 Å². The van der Waals surface area contributed by atoms with Gasteiger partial charge in [-0.25, -0.2) is 4.39 Å². The van der Waals surface area contributed by atoms with Gasteiger partial charge in [-0.15, -0.1) is 0 Å². The number of fused-ring (bicyclic) bond motifs is 1. The zero-order valence-corrected chi connectivity index (χ0v) is 17.1. The molecule has 2 amide bonds. The van der Waals surface area contributed by atoms with Crippen LogP contribution in [0.2, 0.25) is 0 Å². The lowest BCUT2D eigenvalue weighted by atomic mass is 10.1. The Morgan fingerprint density at radius 2 is 1.75 bits per heavy atom. The molecule has 0 saturated carbocycles. The van der Waals surface area contributed by atoms with E-state index in [0.717, 1.165) is 11.6 Å². The molecule has 0 bridgehead atoms. The number of anilines is 2. The number of para-hydroxylation sites is 1. The van der Waals surface area contributed by atoms with E-state index >= 15 is 0 Å². The maximum absolute atomic E-state index is 13.3. The lowest BCUT2D eigenvalue weighted by Crippen LogP contribution is -2.32. The third-order valence-electron chi connectivity index (χ3n) is 5.33. The zero-order valence-electron chi connectivity index (χ0n) is 17.1. The summed E-state index contributed by atoms with van der Waals surface area (Å²) in [6.07, 6.45) is 1.70. The molecule has 3 aromatic rings. The van der Waals surface area contributed by atoms with Crippen molar-refractivity contribution >= 4 is 35.1 Å². The van der Waals surface area contributed by atoms with Crippen LogP contribution in [0, 0.1) is 11.2 Å². The van der Waals surface area contributed by atoms with Crippen LogP contribution in [0.3, 0.4) is 0 Å². The molecular formula is C25H21FN4O2. The molecule has 160 valence electrons. The fourth-order valence-corrected chi connectivity index (χ4v) is 3.64. The Bertz CT molecular complexity index is 1230. The summed E-state index contributed by atoms with van der Waals surface area (Å²) in [5, 5.41) is 10.3. The highest BCUT2D eigenvalue weighted by atomic mass is 19.1. The van der Waals surface area contributed by atoms with E-state index in [4.69, 9.17) is 11.1 Å². The van der Waals surface area contributed by atoms with Gasteiger partial charge in [-0.1, -0.05) is 24.3 Å². The number of halogens is 1. The SMILES string of the molecule is N=CC1=C(N)c2ccccc2N(C(=O)c2ccc(NC(=O)c3cccc(F)c3)cc2)CC1. The number of rotatable bonds is 4. The van der Waals surface area contributed by atoms with Crippen LogP contribution in [0.1, 0.15) is 32.7 Å². The van der Waals surface area contributed by atoms with E-state index in [-0.39, 0.29) is 11.5 Å². The summed E-state index contributed by atoms with van der Waals surface area (Å²) in [7, 11) is 0. The standard InChI is InChI=1S/C25H21FN4O2/c26-19-5-3-4-17(14-19)24(31)29-20-10-8-16(9-11-20)25(32)30-13-12-18(15-27)23(28)21-6-1-2-7-22(21)30/h1-11,14-15,27H,12-13,28H2,(H,29,31). The molecule has 0 radical (unpaired) electrons. The Morgan fingerprint density at radius 1 is 1.00 bits per heavy atom. The maximum Gasteiger partial charge on any atom is 0.258 e. The molecule has 1 aliphatic rings. The molecule has 0 aliphatic carbocycles. The normalized spacial score (nSPS) is 13.2. The molecule has 1 aliphatic heterocycles. The third kappa shape index (κ3) is 4.13. The number of amides is 2. The molecule has 1 heterocycles. The van der Waals surface area contributed by atoms with Crippen LogP contribution in [-0.4, -0.2) is 24.6 Å². The lowest BCUT2D eigenvalue weighted by Gasteiger charge is -2.23. The largest absolute Gasteiger partial charge is 0.398 e. The van der Waals surface area contributed by atoms with Crippen molar-refractivity contribution in [2.75, 3.05) is 16.8 Å². The Morgan fingerprint density at radius 3 is 2.47 bits per heavy atom. The summed E-state index contributed by atoms with van der Waals surface area (Å²) >= 11 is 0. The van der Waals surface area contributed by atoms with E-state index in [2.05, 4.69) is 5.32 Å². The van der Waals surface area contributed by atoms with Gasteiger partial charge >= 0.3 is 0 Å². The summed E-state index contributed by atoms with van der Waals surface area (Å²) in [5.41, 5.74) is 9.99. The Kier molecular flexibility index (Phi) is 5.81. The molecule has 4 N–H and O–H groups in total. The molecule has 32 heavy (non-hydrogen) atoms. The van der Waals surface area contributed by atoms with Gasteiger partial charge in [-0.3, -0.25) is 9.59 Å². The molecule has 0 spiro atoms. The van der Waals surface area contributed by atoms with Gasteiger partial charge in [0.15, 0.2) is 0 Å². The first-order valence-electron chi connectivity index (χ1n) is 10.1. The van der Waals surface area contributed by atoms with E-state index in [9.17, 15) is 14.0 Å². The van der Waals surface area contributed by atoms with Crippen molar-refractivity contribution in [1.82, 2.24) is 0 Å². The molecule has 6 nitrogen and oxygen atoms in total. The van der Waals surface area contributed by atoms with Gasteiger partial charge in [-0.2, -0.15) is 0 Å². The monoisotopic (exact) mass is 428 g/mol. The second kappa shape index (κ2) is 8.85. The first-order valence-corrected chi connectivity index (χ1v) is 10.1. The van der Waals surface area contributed by atoms with Crippen molar-refractivity contribution in [2.24, 2.45) is 5.73 Å². The lowest BCUT2D eigenvalue weighted by molar-refractivity contribution is 0.0986. The van der Waals surface area contributed by atoms with Crippen LogP contribution in [0.4, 0.5) is 15.8 Å². The quantitative estimate of drug-likeness (QED) is 0.536. The number of hydrogen-bond donors (Lipinski definition) is 3. The summed E-state index contributed by atoms with van der Waals surface area (Å²) < 4.78 is 13.3. The second-order valence-electron chi connectivity index (χ2n) is 7.35. The molecule has 4 rings (SSSR count). The van der Waals surface area contributed by atoms with Crippen molar-refractivity contribution in [3.05, 3.63) is 101 Å². The zero-order chi connectivity index (χ0) is 22.7. The average Bonchev–Trinajstić information content (AvgIpc) is 2.95. The van der Waals surface area contributed by atoms with Crippen molar-refractivity contribution in [3.8, 4) is 0 Å². The van der Waals surface area contributed by atoms with Gasteiger partial charge in [0.1, 0.15) is 5.82 Å². The van der Waals surface area contributed by atoms with Gasteiger partial charge < -0.3 is 21.4 Å². The number of carbonyl (C=O) groups is 2. The summed E-state index contributed by atoms with van der Waals surface area (Å²) in [6, 6.07) is 19.3. The van der Waals surface area contributed by atoms with Crippen molar-refractivity contribution in [3.63, 3.8) is 0 Å². The number of nitrogens with one attached hydrogen (secondary N) is 2. The van der Waals surface area contributed by atoms with Crippen molar-refractivity contribution in [1.29, 1.82) is 5.41 Å². The highest BCUT2D eigenvalue weighted by molar-refractivity contribution is 6.09. The highest BCUT2D eigenvalue weighted by Crippen LogP contribution is 2.31. The van der Waals surface area contributed by atoms with Crippen LogP contribution >= 0.6 is 0 Å². The molecular weight excluding hydrogens is 407 g/mol. The molecule has 0 saturated heterocycles. The Balaban J connectivity index is 1.55. The average molecular weight is 428 g/mol. The minimum absolute atomic E-state index is 0.207. The Hall–Kier alpha value is -4.26. The van der Waals surface area contributed by atoms with Gasteiger partial charge in [0, 0.05) is 40.8 Å². The van der Waals surface area contributed by atoms with Crippen molar-refractivity contribution in [2.45, 2.75) is 6.42 Å². The fourth-order valence-electron chi connectivity index (χ4n) is 3.64. The maximum atomic E-state index is 13.3. The summed E-state index contributed by atoms with van der Waals surface area (Å²) in [5.74, 6) is -1.14. The first-order chi connectivity index (χ1) is 15.5. The van der Waals surface area contributed by atoms with E-state index in [1.54, 1.807) is 29.2 Å². The van der Waals surface area contributed by atoms with E-state index < -0.39 is 11.7 Å². The fraction of sp³-hybridized carbons (Fsp3) is 0.0800. The molecule has 0 atom stereocenters. The second-order valence-corrected chi connectivity index (χ2v) is 7.35. The predicted octanol–water partition coefficient (Wildman–Crippen LogP) is 4.45. The topological polar surface area (TPSA) is 99.3 Å². The summed E-state index contributed by atoms with van der Waals surface area (Å²) in [6.45, 7) is 0.388. The summed E-state index contributed by atoms with van der Waals surface area (Å²) in [4.78, 5) is 27.3. The number of nitrogens with two attached hydrogens (primary N) is 1. The Labute approximate surface area is 184 Å². The molecule has 3 aromatic carbocycles. The highest BCUT2D eigenvalue weighted by Gasteiger charge is 2.25. The molecule has 0 fully saturated rings. The molecule has 0 aromatic heterocycles. The third-order valence-corrected chi connectivity index (χ3v) is 5.33.